The number of aryl methyl sites for hydroxylation is 1. The first-order valence-electron chi connectivity index (χ1n) is 5.91. The van der Waals surface area contributed by atoms with Crippen molar-refractivity contribution >= 4 is 11.9 Å². The number of carboxylic acids is 1. The third-order valence-corrected chi connectivity index (χ3v) is 3.21. The van der Waals surface area contributed by atoms with Crippen LogP contribution >= 0.6 is 0 Å². The minimum Gasteiger partial charge on any atom is -0.507 e. The number of nitrogens with zero attached hydrogens (tertiary/aromatic N) is 1. The van der Waals surface area contributed by atoms with Crippen LogP contribution in [0.5, 0.6) is 5.75 Å². The fraction of sp³-hybridized carbons (Fsp3) is 0.385. The van der Waals surface area contributed by atoms with E-state index in [0.717, 1.165) is 10.5 Å². The predicted molar refractivity (Wildman–Crippen MR) is 65.9 cm³/mol. The maximum Gasteiger partial charge on any atom is 0.326 e. The van der Waals surface area contributed by atoms with Crippen molar-refractivity contribution in [2.45, 2.75) is 25.5 Å². The molecular weight excluding hydrogens is 250 g/mol. The van der Waals surface area contributed by atoms with E-state index >= 15 is 0 Å². The van der Waals surface area contributed by atoms with Gasteiger partial charge in [0.2, 0.25) is 0 Å². The van der Waals surface area contributed by atoms with Crippen molar-refractivity contribution < 1.29 is 24.9 Å². The summed E-state index contributed by atoms with van der Waals surface area (Å²) in [6.45, 7) is 1.73. The van der Waals surface area contributed by atoms with Gasteiger partial charge in [-0.05, 0) is 24.6 Å². The Bertz CT molecular complexity index is 528. The smallest absolute Gasteiger partial charge is 0.326 e. The van der Waals surface area contributed by atoms with E-state index in [9.17, 15) is 19.8 Å². The number of carbonyl (C=O) groups is 2. The van der Waals surface area contributed by atoms with Crippen LogP contribution < -0.4 is 0 Å². The van der Waals surface area contributed by atoms with Crippen LogP contribution in [0.3, 0.4) is 0 Å². The van der Waals surface area contributed by atoms with Crippen molar-refractivity contribution in [2.75, 3.05) is 6.54 Å². The molecule has 102 valence electrons. The number of phenols is 1. The van der Waals surface area contributed by atoms with E-state index in [0.29, 0.717) is 0 Å². The Balaban J connectivity index is 2.30. The molecule has 1 amide bonds. The number of amides is 1. The van der Waals surface area contributed by atoms with Gasteiger partial charge in [0, 0.05) is 13.0 Å². The normalized spacial score (nSPS) is 22.5. The molecule has 0 aromatic heterocycles. The first-order valence-corrected chi connectivity index (χ1v) is 5.91. The van der Waals surface area contributed by atoms with Gasteiger partial charge in [0.05, 0.1) is 11.7 Å². The lowest BCUT2D eigenvalue weighted by atomic mass is 10.1. The van der Waals surface area contributed by atoms with Crippen LogP contribution in [0.1, 0.15) is 22.3 Å². The Morgan fingerprint density at radius 3 is 2.63 bits per heavy atom. The molecule has 19 heavy (non-hydrogen) atoms. The molecule has 1 aromatic rings. The van der Waals surface area contributed by atoms with Crippen LogP contribution in [0, 0.1) is 6.92 Å². The molecule has 1 aliphatic heterocycles. The van der Waals surface area contributed by atoms with Gasteiger partial charge in [0.15, 0.2) is 0 Å². The van der Waals surface area contributed by atoms with E-state index in [1.54, 1.807) is 13.0 Å². The van der Waals surface area contributed by atoms with Crippen molar-refractivity contribution in [1.29, 1.82) is 0 Å². The first kappa shape index (κ1) is 13.4. The number of hydrogen-bond donors (Lipinski definition) is 3. The topological polar surface area (TPSA) is 98.1 Å². The molecule has 6 nitrogen and oxygen atoms in total. The summed E-state index contributed by atoms with van der Waals surface area (Å²) in [4.78, 5) is 24.4. The summed E-state index contributed by atoms with van der Waals surface area (Å²) >= 11 is 0. The zero-order valence-corrected chi connectivity index (χ0v) is 10.4. The SMILES string of the molecule is Cc1ccc(C(=O)N2C[C@H](O)C[C@H]2C(=O)O)c(O)c1. The molecule has 0 radical (unpaired) electrons. The minimum absolute atomic E-state index is 0.00764. The highest BCUT2D eigenvalue weighted by Gasteiger charge is 2.39. The highest BCUT2D eigenvalue weighted by atomic mass is 16.4. The molecule has 1 saturated heterocycles. The Hall–Kier alpha value is -2.08. The quantitative estimate of drug-likeness (QED) is 0.717. The highest BCUT2D eigenvalue weighted by molar-refractivity contribution is 5.99. The summed E-state index contributed by atoms with van der Waals surface area (Å²) in [6, 6.07) is 3.50. The third kappa shape index (κ3) is 2.53. The van der Waals surface area contributed by atoms with Crippen LogP contribution in [0.4, 0.5) is 0 Å². The second-order valence-electron chi connectivity index (χ2n) is 4.72. The number of β-amino-alcohol motifs (C(OH)–C–C–N with tert-alkyl or cyclic N) is 1. The monoisotopic (exact) mass is 265 g/mol. The molecule has 1 aromatic carbocycles. The number of aromatic hydroxyl groups is 1. The molecule has 2 atom stereocenters. The number of aliphatic hydroxyl groups is 1. The summed E-state index contributed by atoms with van der Waals surface area (Å²) in [5.74, 6) is -1.92. The molecule has 0 spiro atoms. The van der Waals surface area contributed by atoms with Gasteiger partial charge in [-0.25, -0.2) is 4.79 Å². The minimum atomic E-state index is -1.16. The van der Waals surface area contributed by atoms with E-state index in [4.69, 9.17) is 5.11 Å². The fourth-order valence-electron chi connectivity index (χ4n) is 2.25. The van der Waals surface area contributed by atoms with Crippen molar-refractivity contribution in [1.82, 2.24) is 4.90 Å². The number of likely N-dealkylation sites (tertiary alicyclic amines) is 1. The molecule has 0 bridgehead atoms. The van der Waals surface area contributed by atoms with E-state index in [1.165, 1.54) is 12.1 Å². The molecule has 6 heteroatoms. The van der Waals surface area contributed by atoms with Crippen LogP contribution in [0.2, 0.25) is 0 Å². The van der Waals surface area contributed by atoms with Crippen LogP contribution in [0.15, 0.2) is 18.2 Å². The van der Waals surface area contributed by atoms with E-state index < -0.39 is 24.0 Å². The van der Waals surface area contributed by atoms with E-state index in [2.05, 4.69) is 0 Å². The van der Waals surface area contributed by atoms with E-state index in [1.807, 2.05) is 0 Å². The van der Waals surface area contributed by atoms with Gasteiger partial charge >= 0.3 is 5.97 Å². The van der Waals surface area contributed by atoms with Crippen molar-refractivity contribution in [3.8, 4) is 5.75 Å². The number of benzene rings is 1. The summed E-state index contributed by atoms with van der Waals surface area (Å²) < 4.78 is 0. The molecular formula is C13H15NO5. The Morgan fingerprint density at radius 1 is 1.37 bits per heavy atom. The lowest BCUT2D eigenvalue weighted by Gasteiger charge is -2.21. The lowest BCUT2D eigenvalue weighted by molar-refractivity contribution is -0.141. The Morgan fingerprint density at radius 2 is 2.05 bits per heavy atom. The fourth-order valence-corrected chi connectivity index (χ4v) is 2.25. The lowest BCUT2D eigenvalue weighted by Crippen LogP contribution is -2.40. The Labute approximate surface area is 109 Å². The Kier molecular flexibility index (Phi) is 3.44. The molecule has 2 rings (SSSR count). The van der Waals surface area contributed by atoms with Gasteiger partial charge in [0.1, 0.15) is 11.8 Å². The van der Waals surface area contributed by atoms with Crippen LogP contribution in [-0.2, 0) is 4.79 Å². The summed E-state index contributed by atoms with van der Waals surface area (Å²) in [6.07, 6.45) is -0.842. The molecule has 1 fully saturated rings. The zero-order valence-electron chi connectivity index (χ0n) is 10.4. The van der Waals surface area contributed by atoms with Gasteiger partial charge < -0.3 is 20.2 Å². The molecule has 1 heterocycles. The molecule has 0 unspecified atom stereocenters. The van der Waals surface area contributed by atoms with Crippen molar-refractivity contribution in [3.05, 3.63) is 29.3 Å². The standard InChI is InChI=1S/C13H15NO5/c1-7-2-3-9(11(16)4-7)12(17)14-6-8(15)5-10(14)13(18)19/h2-4,8,10,15-16H,5-6H2,1H3,(H,18,19)/t8-,10+/m1/s1. The third-order valence-electron chi connectivity index (χ3n) is 3.21. The maximum atomic E-state index is 12.2. The molecule has 3 N–H and O–H groups in total. The van der Waals surface area contributed by atoms with E-state index in [-0.39, 0.29) is 24.3 Å². The first-order chi connectivity index (χ1) is 8.90. The van der Waals surface area contributed by atoms with Gasteiger partial charge in [0.25, 0.3) is 5.91 Å². The summed E-state index contributed by atoms with van der Waals surface area (Å²) in [7, 11) is 0. The maximum absolute atomic E-state index is 12.2. The number of aliphatic hydroxyl groups excluding tert-OH is 1. The summed E-state index contributed by atoms with van der Waals surface area (Å²) in [5, 5.41) is 28.3. The van der Waals surface area contributed by atoms with Gasteiger partial charge in [-0.1, -0.05) is 6.07 Å². The van der Waals surface area contributed by atoms with Crippen LogP contribution in [0.25, 0.3) is 0 Å². The van der Waals surface area contributed by atoms with Crippen LogP contribution in [-0.4, -0.2) is 50.8 Å². The molecule has 0 saturated carbocycles. The molecule has 1 aliphatic rings. The van der Waals surface area contributed by atoms with Gasteiger partial charge in [-0.2, -0.15) is 0 Å². The van der Waals surface area contributed by atoms with Crippen molar-refractivity contribution in [2.24, 2.45) is 0 Å². The van der Waals surface area contributed by atoms with Crippen molar-refractivity contribution in [3.63, 3.8) is 0 Å². The average Bonchev–Trinajstić information content (AvgIpc) is 2.70. The summed E-state index contributed by atoms with van der Waals surface area (Å²) in [5.41, 5.74) is 0.844. The van der Waals surface area contributed by atoms with Gasteiger partial charge in [-0.15, -0.1) is 0 Å². The van der Waals surface area contributed by atoms with Gasteiger partial charge in [-0.3, -0.25) is 4.79 Å². The predicted octanol–water partition coefficient (Wildman–Crippen LogP) is 0.361. The zero-order chi connectivity index (χ0) is 14.2. The number of hydrogen-bond acceptors (Lipinski definition) is 4. The molecule has 0 aliphatic carbocycles. The number of phenolic OH excluding ortho intramolecular Hbond substituents is 1. The number of aliphatic carboxylic acids is 1. The number of carbonyl (C=O) groups excluding carboxylic acids is 1. The highest BCUT2D eigenvalue weighted by Crippen LogP contribution is 2.25. The number of carboxylic acid groups (broad SMARTS) is 1. The largest absolute Gasteiger partial charge is 0.507 e. The second kappa shape index (κ2) is 4.89. The number of rotatable bonds is 2. The second-order valence-corrected chi connectivity index (χ2v) is 4.72. The average molecular weight is 265 g/mol.